The minimum Gasteiger partial charge on any atom is -0.488 e. The zero-order valence-electron chi connectivity index (χ0n) is 24.5. The van der Waals surface area contributed by atoms with Crippen LogP contribution in [0.15, 0.2) is 60.7 Å². The molecule has 3 N–H and O–H groups in total. The first-order valence-corrected chi connectivity index (χ1v) is 14.3. The van der Waals surface area contributed by atoms with Crippen molar-refractivity contribution in [1.82, 2.24) is 9.80 Å². The Balaban J connectivity index is 1.34. The molecule has 11 heteroatoms. The Morgan fingerprint density at radius 1 is 1.05 bits per heavy atom. The topological polar surface area (TPSA) is 113 Å². The number of rotatable bonds is 8. The van der Waals surface area contributed by atoms with Crippen LogP contribution in [0.2, 0.25) is 0 Å². The third-order valence-corrected chi connectivity index (χ3v) is 7.66. The van der Waals surface area contributed by atoms with Crippen LogP contribution in [-0.4, -0.2) is 72.5 Å². The van der Waals surface area contributed by atoms with Crippen LogP contribution in [0.3, 0.4) is 0 Å². The van der Waals surface area contributed by atoms with Crippen molar-refractivity contribution in [2.45, 2.75) is 39.0 Å². The largest absolute Gasteiger partial charge is 0.488 e. The molecule has 2 aliphatic rings. The number of carbonyl (C=O) groups is 2. The number of hydrogen-bond acceptors (Lipinski definition) is 7. The third-order valence-electron chi connectivity index (χ3n) is 7.66. The molecule has 0 saturated carbocycles. The summed E-state index contributed by atoms with van der Waals surface area (Å²) in [7, 11) is 2.01. The van der Waals surface area contributed by atoms with Gasteiger partial charge in [0, 0.05) is 42.5 Å². The molecule has 0 fully saturated rings. The number of aliphatic hydroxyl groups is 1. The normalized spacial score (nSPS) is 18.7. The van der Waals surface area contributed by atoms with Gasteiger partial charge in [-0.1, -0.05) is 13.0 Å². The van der Waals surface area contributed by atoms with Crippen LogP contribution in [0.4, 0.5) is 20.6 Å². The third kappa shape index (κ3) is 7.54. The van der Waals surface area contributed by atoms with Crippen LogP contribution < -0.4 is 24.8 Å². The fourth-order valence-corrected chi connectivity index (χ4v) is 5.27. The van der Waals surface area contributed by atoms with E-state index in [0.717, 1.165) is 17.1 Å². The number of hydrogen-bond donors (Lipinski definition) is 3. The van der Waals surface area contributed by atoms with Crippen LogP contribution in [0.25, 0.3) is 0 Å². The Bertz CT molecular complexity index is 1450. The van der Waals surface area contributed by atoms with Crippen molar-refractivity contribution in [3.05, 3.63) is 77.6 Å². The van der Waals surface area contributed by atoms with Gasteiger partial charge in [-0.05, 0) is 74.1 Å². The second-order valence-electron chi connectivity index (χ2n) is 11.2. The molecule has 2 aliphatic heterocycles. The summed E-state index contributed by atoms with van der Waals surface area (Å²) in [5.41, 5.74) is 2.61. The van der Waals surface area contributed by atoms with E-state index in [4.69, 9.17) is 14.2 Å². The van der Waals surface area contributed by atoms with Crippen molar-refractivity contribution in [2.75, 3.05) is 44.2 Å². The molecule has 0 spiro atoms. The predicted molar refractivity (Wildman–Crippen MR) is 160 cm³/mol. The van der Waals surface area contributed by atoms with Gasteiger partial charge in [0.25, 0.3) is 0 Å². The minimum absolute atomic E-state index is 0.0429. The Morgan fingerprint density at radius 3 is 2.51 bits per heavy atom. The van der Waals surface area contributed by atoms with Crippen molar-refractivity contribution in [3.8, 4) is 17.2 Å². The number of halogens is 1. The van der Waals surface area contributed by atoms with E-state index in [0.29, 0.717) is 42.3 Å². The Morgan fingerprint density at radius 2 is 1.74 bits per heavy atom. The summed E-state index contributed by atoms with van der Waals surface area (Å²) in [6, 6.07) is 15.7. The molecule has 0 saturated heterocycles. The standard InChI is InChI=1S/C32H37FN4O6/c1-20-15-37(21(2)18-38)31(39)14-23-13-26(35-32(40)34-25-7-5-24(33)6-8-25)9-11-27(23)43-30(20)17-36(3)16-22-4-10-28-29(12-22)42-19-41-28/h4-13,20-21,30,38H,14-19H2,1-3H3,(H2,34,35,40)/t20-,21+,30+/m1/s1. The molecule has 0 aromatic heterocycles. The van der Waals surface area contributed by atoms with E-state index in [9.17, 15) is 19.1 Å². The van der Waals surface area contributed by atoms with E-state index in [1.165, 1.54) is 24.3 Å². The highest BCUT2D eigenvalue weighted by atomic mass is 19.1. The molecule has 3 aromatic rings. The van der Waals surface area contributed by atoms with Crippen LogP contribution in [-0.2, 0) is 17.8 Å². The van der Waals surface area contributed by atoms with E-state index in [2.05, 4.69) is 15.5 Å². The zero-order valence-corrected chi connectivity index (χ0v) is 24.5. The molecule has 3 aromatic carbocycles. The quantitative estimate of drug-likeness (QED) is 0.354. The smallest absolute Gasteiger partial charge is 0.323 e. The van der Waals surface area contributed by atoms with Crippen molar-refractivity contribution in [3.63, 3.8) is 0 Å². The maximum Gasteiger partial charge on any atom is 0.323 e. The lowest BCUT2D eigenvalue weighted by molar-refractivity contribution is -0.134. The molecule has 0 bridgehead atoms. The number of aliphatic hydroxyl groups excluding tert-OH is 1. The second-order valence-corrected chi connectivity index (χ2v) is 11.2. The molecule has 228 valence electrons. The molecular formula is C32H37FN4O6. The summed E-state index contributed by atoms with van der Waals surface area (Å²) in [5, 5.41) is 15.4. The van der Waals surface area contributed by atoms with E-state index in [-0.39, 0.29) is 43.8 Å². The van der Waals surface area contributed by atoms with Gasteiger partial charge in [0.2, 0.25) is 12.7 Å². The fourth-order valence-electron chi connectivity index (χ4n) is 5.27. The van der Waals surface area contributed by atoms with Crippen molar-refractivity contribution < 1.29 is 33.3 Å². The molecule has 2 heterocycles. The molecule has 10 nitrogen and oxygen atoms in total. The summed E-state index contributed by atoms with van der Waals surface area (Å²) in [4.78, 5) is 30.0. The SMILES string of the molecule is C[C@@H]1CN([C@@H](C)CO)C(=O)Cc2cc(NC(=O)Nc3ccc(F)cc3)ccc2O[C@H]1CN(C)Cc1ccc2c(c1)OCO2. The second kappa shape index (κ2) is 13.3. The summed E-state index contributed by atoms with van der Waals surface area (Å²) in [6.45, 7) is 5.57. The summed E-state index contributed by atoms with van der Waals surface area (Å²) < 4.78 is 30.8. The maximum atomic E-state index is 13.5. The van der Waals surface area contributed by atoms with Gasteiger partial charge in [0.15, 0.2) is 11.5 Å². The Labute approximate surface area is 250 Å². The number of fused-ring (bicyclic) bond motifs is 2. The number of amides is 3. The average molecular weight is 593 g/mol. The first-order chi connectivity index (χ1) is 20.7. The number of urea groups is 1. The van der Waals surface area contributed by atoms with E-state index >= 15 is 0 Å². The number of nitrogens with zero attached hydrogens (tertiary/aromatic N) is 2. The summed E-state index contributed by atoms with van der Waals surface area (Å²) in [6.07, 6.45) is -0.237. The molecule has 5 rings (SSSR count). The maximum absolute atomic E-state index is 13.5. The number of benzene rings is 3. The number of carbonyl (C=O) groups excluding carboxylic acids is 2. The van der Waals surface area contributed by atoms with Gasteiger partial charge in [-0.25, -0.2) is 9.18 Å². The lowest BCUT2D eigenvalue weighted by Gasteiger charge is -2.34. The van der Waals surface area contributed by atoms with Crippen molar-refractivity contribution in [2.24, 2.45) is 5.92 Å². The highest BCUT2D eigenvalue weighted by Crippen LogP contribution is 2.33. The first kappa shape index (κ1) is 30.1. The number of likely N-dealkylation sites (N-methyl/N-ethyl adjacent to an activating group) is 1. The molecule has 3 atom stereocenters. The lowest BCUT2D eigenvalue weighted by Crippen LogP contribution is -2.47. The predicted octanol–water partition coefficient (Wildman–Crippen LogP) is 4.48. The first-order valence-electron chi connectivity index (χ1n) is 14.3. The van der Waals surface area contributed by atoms with Crippen molar-refractivity contribution in [1.29, 1.82) is 0 Å². The minimum atomic E-state index is -0.506. The Kier molecular flexibility index (Phi) is 9.32. The van der Waals surface area contributed by atoms with Crippen LogP contribution in [0, 0.1) is 11.7 Å². The van der Waals surface area contributed by atoms with Crippen LogP contribution in [0.5, 0.6) is 17.2 Å². The van der Waals surface area contributed by atoms with Crippen LogP contribution in [0.1, 0.15) is 25.0 Å². The van der Waals surface area contributed by atoms with E-state index in [1.54, 1.807) is 23.1 Å². The number of nitrogens with one attached hydrogen (secondary N) is 2. The molecule has 43 heavy (non-hydrogen) atoms. The van der Waals surface area contributed by atoms with Gasteiger partial charge in [-0.2, -0.15) is 0 Å². The van der Waals surface area contributed by atoms with Gasteiger partial charge >= 0.3 is 6.03 Å². The van der Waals surface area contributed by atoms with Gasteiger partial charge < -0.3 is 34.9 Å². The lowest BCUT2D eigenvalue weighted by atomic mass is 10.0. The van der Waals surface area contributed by atoms with Gasteiger partial charge in [-0.3, -0.25) is 9.69 Å². The Hall–Kier alpha value is -4.35. The number of anilines is 2. The number of ether oxygens (including phenoxy) is 3. The van der Waals surface area contributed by atoms with Gasteiger partial charge in [0.1, 0.15) is 17.7 Å². The van der Waals surface area contributed by atoms with Gasteiger partial charge in [0.05, 0.1) is 19.1 Å². The molecule has 3 amide bonds. The summed E-state index contributed by atoms with van der Waals surface area (Å²) in [5.74, 6) is 1.44. The van der Waals surface area contributed by atoms with Crippen molar-refractivity contribution >= 4 is 23.3 Å². The molecule has 0 aliphatic carbocycles. The van der Waals surface area contributed by atoms with E-state index < -0.39 is 11.8 Å². The molecule has 0 unspecified atom stereocenters. The average Bonchev–Trinajstić information content (AvgIpc) is 3.46. The fraction of sp³-hybridized carbons (Fsp3) is 0.375. The monoisotopic (exact) mass is 592 g/mol. The summed E-state index contributed by atoms with van der Waals surface area (Å²) >= 11 is 0. The highest BCUT2D eigenvalue weighted by Gasteiger charge is 2.31. The zero-order chi connectivity index (χ0) is 30.5. The van der Waals surface area contributed by atoms with E-state index in [1.807, 2.05) is 39.1 Å². The van der Waals surface area contributed by atoms with Crippen LogP contribution >= 0.6 is 0 Å². The molecular weight excluding hydrogens is 555 g/mol. The van der Waals surface area contributed by atoms with Gasteiger partial charge in [-0.15, -0.1) is 0 Å². The molecule has 0 radical (unpaired) electrons. The highest BCUT2D eigenvalue weighted by molar-refractivity contribution is 6.00.